The quantitative estimate of drug-likeness (QED) is 0.198. The molecule has 162 valence electrons. The molecule has 1 atom stereocenters. The zero-order valence-corrected chi connectivity index (χ0v) is 18.1. The Balaban J connectivity index is 1.76. The van der Waals surface area contributed by atoms with Gasteiger partial charge in [-0.15, -0.1) is 11.3 Å². The van der Waals surface area contributed by atoms with Crippen molar-refractivity contribution in [1.82, 2.24) is 4.98 Å². The number of aromatic nitrogens is 1. The molecule has 9 nitrogen and oxygen atoms in total. The summed E-state index contributed by atoms with van der Waals surface area (Å²) in [5.74, 6) is -0.586. The van der Waals surface area contributed by atoms with Gasteiger partial charge >= 0.3 is 6.16 Å². The Labute approximate surface area is 185 Å². The molecule has 1 aromatic heterocycles. The number of benzene rings is 2. The number of amides is 1. The molecule has 0 spiro atoms. The molecule has 1 heterocycles. The third-order valence-corrected chi connectivity index (χ3v) is 6.44. The third kappa shape index (κ3) is 5.92. The Hall–Kier alpha value is -3.18. The van der Waals surface area contributed by atoms with Crippen LogP contribution in [0.15, 0.2) is 46.8 Å². The van der Waals surface area contributed by atoms with Gasteiger partial charge in [-0.1, -0.05) is 43.3 Å². The van der Waals surface area contributed by atoms with Crippen molar-refractivity contribution in [1.29, 1.82) is 0 Å². The van der Waals surface area contributed by atoms with Gasteiger partial charge in [-0.3, -0.25) is 14.9 Å². The number of rotatable bonds is 9. The molecular formula is C20H19N3O6S2. The molecule has 3 aromatic rings. The summed E-state index contributed by atoms with van der Waals surface area (Å²) in [4.78, 5) is 38.8. The number of hydrogen-bond acceptors (Lipinski definition) is 8. The van der Waals surface area contributed by atoms with Crippen molar-refractivity contribution >= 4 is 56.8 Å². The van der Waals surface area contributed by atoms with E-state index in [1.54, 1.807) is 36.4 Å². The summed E-state index contributed by atoms with van der Waals surface area (Å²) in [5, 5.41) is 23.0. The monoisotopic (exact) mass is 461 g/mol. The molecule has 0 aliphatic carbocycles. The summed E-state index contributed by atoms with van der Waals surface area (Å²) >= 11 is 2.49. The van der Waals surface area contributed by atoms with E-state index in [0.29, 0.717) is 27.5 Å². The molecule has 2 N–H and O–H groups in total. The summed E-state index contributed by atoms with van der Waals surface area (Å²) in [6.07, 6.45) is -1.45. The smallest absolute Gasteiger partial charge is 0.450 e. The molecule has 1 unspecified atom stereocenters. The highest BCUT2D eigenvalue weighted by Gasteiger charge is 2.24. The number of carbonyl (C=O) groups is 2. The lowest BCUT2D eigenvalue weighted by molar-refractivity contribution is -0.385. The van der Waals surface area contributed by atoms with Gasteiger partial charge in [0.25, 0.3) is 11.6 Å². The Bertz CT molecular complexity index is 1100. The van der Waals surface area contributed by atoms with Crippen molar-refractivity contribution < 1.29 is 24.4 Å². The molecule has 2 aromatic carbocycles. The zero-order chi connectivity index (χ0) is 22.4. The summed E-state index contributed by atoms with van der Waals surface area (Å²) in [6.45, 7) is 1.95. The van der Waals surface area contributed by atoms with Crippen molar-refractivity contribution in [2.24, 2.45) is 0 Å². The number of nitro benzene ring substituents is 1. The largest absolute Gasteiger partial charge is 0.506 e. The van der Waals surface area contributed by atoms with Crippen LogP contribution in [0, 0.1) is 10.1 Å². The Morgan fingerprint density at radius 1 is 1.32 bits per heavy atom. The minimum Gasteiger partial charge on any atom is -0.450 e. The van der Waals surface area contributed by atoms with E-state index in [4.69, 9.17) is 9.84 Å². The number of anilines is 1. The van der Waals surface area contributed by atoms with Gasteiger partial charge in [-0.05, 0) is 24.6 Å². The summed E-state index contributed by atoms with van der Waals surface area (Å²) in [7, 11) is 0. The van der Waals surface area contributed by atoms with Crippen LogP contribution in [0.5, 0.6) is 0 Å². The number of nitrogens with one attached hydrogen (secondary N) is 1. The molecule has 0 radical (unpaired) electrons. The average molecular weight is 462 g/mol. The predicted octanol–water partition coefficient (Wildman–Crippen LogP) is 4.95. The molecule has 0 aliphatic heterocycles. The summed E-state index contributed by atoms with van der Waals surface area (Å²) in [6, 6.07) is 11.9. The van der Waals surface area contributed by atoms with Crippen LogP contribution < -0.4 is 5.32 Å². The van der Waals surface area contributed by atoms with Crippen LogP contribution in [-0.4, -0.2) is 38.9 Å². The van der Waals surface area contributed by atoms with Crippen LogP contribution in [0.4, 0.5) is 16.2 Å². The van der Waals surface area contributed by atoms with Crippen LogP contribution in [0.25, 0.3) is 10.2 Å². The number of nitro groups is 1. The minimum atomic E-state index is -1.56. The molecule has 0 bridgehead atoms. The fourth-order valence-corrected chi connectivity index (χ4v) is 4.99. The van der Waals surface area contributed by atoms with E-state index in [9.17, 15) is 19.7 Å². The van der Waals surface area contributed by atoms with E-state index >= 15 is 0 Å². The van der Waals surface area contributed by atoms with E-state index < -0.39 is 23.1 Å². The van der Waals surface area contributed by atoms with Gasteiger partial charge in [-0.2, -0.15) is 0 Å². The van der Waals surface area contributed by atoms with Crippen LogP contribution in [-0.2, 0) is 16.0 Å². The van der Waals surface area contributed by atoms with Gasteiger partial charge in [0.2, 0.25) is 0 Å². The molecular weight excluding hydrogens is 442 g/mol. The van der Waals surface area contributed by atoms with Gasteiger partial charge in [-0.25, -0.2) is 9.78 Å². The van der Waals surface area contributed by atoms with Crippen molar-refractivity contribution in [3.8, 4) is 0 Å². The van der Waals surface area contributed by atoms with E-state index in [0.717, 1.165) is 22.9 Å². The number of carboxylic acid groups (broad SMARTS) is 1. The fraction of sp³-hybridized carbons (Fsp3) is 0.250. The highest BCUT2D eigenvalue weighted by atomic mass is 32.2. The molecule has 0 saturated heterocycles. The first-order valence-corrected chi connectivity index (χ1v) is 11.1. The first kappa shape index (κ1) is 22.5. The number of aryl methyl sites for hydroxylation is 1. The molecule has 1 amide bonds. The number of hydrogen-bond donors (Lipinski definition) is 2. The van der Waals surface area contributed by atoms with Crippen LogP contribution >= 0.6 is 23.1 Å². The summed E-state index contributed by atoms with van der Waals surface area (Å²) < 4.78 is 6.11. The molecule has 31 heavy (non-hydrogen) atoms. The normalized spacial score (nSPS) is 11.8. The first-order chi connectivity index (χ1) is 14.9. The lowest BCUT2D eigenvalue weighted by atomic mass is 10.1. The lowest BCUT2D eigenvalue weighted by Crippen LogP contribution is -2.34. The number of para-hydroxylation sites is 1. The number of thioether (sulfide) groups is 1. The highest BCUT2D eigenvalue weighted by molar-refractivity contribution is 8.01. The Morgan fingerprint density at radius 3 is 2.71 bits per heavy atom. The Kier molecular flexibility index (Phi) is 7.42. The van der Waals surface area contributed by atoms with E-state index in [2.05, 4.69) is 10.3 Å². The Morgan fingerprint density at radius 2 is 2.06 bits per heavy atom. The second kappa shape index (κ2) is 10.2. The van der Waals surface area contributed by atoms with Gasteiger partial charge in [0.05, 0.1) is 15.1 Å². The van der Waals surface area contributed by atoms with Crippen LogP contribution in [0.2, 0.25) is 0 Å². The van der Waals surface area contributed by atoms with E-state index in [1.807, 2.05) is 6.92 Å². The maximum atomic E-state index is 12.5. The molecule has 0 saturated carbocycles. The van der Waals surface area contributed by atoms with Crippen molar-refractivity contribution in [2.45, 2.75) is 30.2 Å². The molecule has 0 fully saturated rings. The third-order valence-electron chi connectivity index (χ3n) is 4.22. The number of carbonyl (C=O) groups excluding carboxylic acids is 1. The predicted molar refractivity (Wildman–Crippen MR) is 119 cm³/mol. The number of ether oxygens (including phenoxy) is 1. The van der Waals surface area contributed by atoms with E-state index in [-0.39, 0.29) is 11.4 Å². The van der Waals surface area contributed by atoms with E-state index in [1.165, 1.54) is 17.4 Å². The number of fused-ring (bicyclic) bond motifs is 1. The minimum absolute atomic E-state index is 0.00863. The average Bonchev–Trinajstić information content (AvgIpc) is 3.13. The number of thiazole rings is 1. The standard InChI is InChI=1S/C20H19N3O6S2/c1-2-6-12-9-17-14(10-15(12)23(27)28)22-19(31-17)30-11-16(29-20(25)26)18(24)21-13-7-4-3-5-8-13/h3-5,7-10,16H,2,6,11H2,1H3,(H,21,24)(H,25,26). The second-order valence-electron chi connectivity index (χ2n) is 6.47. The first-order valence-electron chi connectivity index (χ1n) is 9.33. The topological polar surface area (TPSA) is 132 Å². The van der Waals surface area contributed by atoms with Crippen LogP contribution in [0.3, 0.4) is 0 Å². The van der Waals surface area contributed by atoms with Gasteiger partial charge in [0, 0.05) is 23.1 Å². The second-order valence-corrected chi connectivity index (χ2v) is 8.77. The molecule has 3 rings (SSSR count). The van der Waals surface area contributed by atoms with Gasteiger partial charge in [0.1, 0.15) is 0 Å². The number of nitrogens with zero attached hydrogens (tertiary/aromatic N) is 2. The van der Waals surface area contributed by atoms with Gasteiger partial charge in [0.15, 0.2) is 10.4 Å². The summed E-state index contributed by atoms with van der Waals surface area (Å²) in [5.41, 5.74) is 1.69. The van der Waals surface area contributed by atoms with Crippen molar-refractivity contribution in [3.05, 3.63) is 58.1 Å². The maximum absolute atomic E-state index is 12.5. The molecule has 11 heteroatoms. The SMILES string of the molecule is CCCc1cc2sc(SCC(OC(=O)O)C(=O)Nc3ccccc3)nc2cc1[N+](=O)[O-]. The fourth-order valence-electron chi connectivity index (χ4n) is 2.86. The highest BCUT2D eigenvalue weighted by Crippen LogP contribution is 2.34. The molecule has 0 aliphatic rings. The lowest BCUT2D eigenvalue weighted by Gasteiger charge is -2.15. The van der Waals surface area contributed by atoms with Crippen molar-refractivity contribution in [2.75, 3.05) is 11.1 Å². The van der Waals surface area contributed by atoms with Crippen molar-refractivity contribution in [3.63, 3.8) is 0 Å². The maximum Gasteiger partial charge on any atom is 0.506 e. The zero-order valence-electron chi connectivity index (χ0n) is 16.4. The van der Waals surface area contributed by atoms with Gasteiger partial charge < -0.3 is 15.2 Å². The van der Waals surface area contributed by atoms with Crippen LogP contribution in [0.1, 0.15) is 18.9 Å².